The van der Waals surface area contributed by atoms with Crippen molar-refractivity contribution in [2.45, 2.75) is 64.1 Å². The Kier molecular flexibility index (Phi) is 10.5. The number of amides is 2. The van der Waals surface area contributed by atoms with E-state index in [2.05, 4.69) is 5.32 Å². The van der Waals surface area contributed by atoms with Gasteiger partial charge in [-0.15, -0.1) is 0 Å². The second-order valence-corrected chi connectivity index (χ2v) is 11.8. The van der Waals surface area contributed by atoms with Crippen molar-refractivity contribution < 1.29 is 18.0 Å². The smallest absolute Gasteiger partial charge is 0.264 e. The van der Waals surface area contributed by atoms with Crippen LogP contribution in [0.15, 0.2) is 83.8 Å². The summed E-state index contributed by atoms with van der Waals surface area (Å²) in [6.07, 6.45) is 1.10. The van der Waals surface area contributed by atoms with Crippen LogP contribution in [0.25, 0.3) is 0 Å². The van der Waals surface area contributed by atoms with Gasteiger partial charge >= 0.3 is 0 Å². The molecule has 208 valence electrons. The summed E-state index contributed by atoms with van der Waals surface area (Å²) in [4.78, 5) is 28.8. The first-order valence-electron chi connectivity index (χ1n) is 13.1. The van der Waals surface area contributed by atoms with Gasteiger partial charge in [0.25, 0.3) is 10.0 Å². The summed E-state index contributed by atoms with van der Waals surface area (Å²) in [5, 5.41) is 3.53. The lowest BCUT2D eigenvalue weighted by Crippen LogP contribution is -2.53. The Morgan fingerprint density at radius 2 is 1.51 bits per heavy atom. The van der Waals surface area contributed by atoms with Crippen LogP contribution in [0.2, 0.25) is 5.02 Å². The van der Waals surface area contributed by atoms with Gasteiger partial charge in [-0.2, -0.15) is 0 Å². The topological polar surface area (TPSA) is 86.8 Å². The van der Waals surface area contributed by atoms with Crippen LogP contribution < -0.4 is 9.62 Å². The minimum atomic E-state index is -4.08. The van der Waals surface area contributed by atoms with E-state index in [-0.39, 0.29) is 23.4 Å². The first kappa shape index (κ1) is 30.2. The third-order valence-electron chi connectivity index (χ3n) is 6.59. The van der Waals surface area contributed by atoms with Crippen LogP contribution in [0.1, 0.15) is 44.7 Å². The van der Waals surface area contributed by atoms with E-state index in [1.165, 1.54) is 17.0 Å². The van der Waals surface area contributed by atoms with Gasteiger partial charge in [0.05, 0.1) is 10.6 Å². The van der Waals surface area contributed by atoms with Crippen molar-refractivity contribution in [1.29, 1.82) is 0 Å². The highest BCUT2D eigenvalue weighted by Gasteiger charge is 2.33. The first-order chi connectivity index (χ1) is 18.6. The molecule has 0 saturated heterocycles. The van der Waals surface area contributed by atoms with Crippen LogP contribution >= 0.6 is 11.6 Å². The van der Waals surface area contributed by atoms with Crippen LogP contribution in [0.3, 0.4) is 0 Å². The molecule has 0 aliphatic rings. The normalized spacial score (nSPS) is 12.8. The van der Waals surface area contributed by atoms with E-state index in [1.807, 2.05) is 27.7 Å². The average molecular weight is 570 g/mol. The fourth-order valence-electron chi connectivity index (χ4n) is 4.11. The highest BCUT2D eigenvalue weighted by atomic mass is 35.5. The van der Waals surface area contributed by atoms with E-state index in [1.54, 1.807) is 66.7 Å². The number of aryl methyl sites for hydroxylation is 1. The van der Waals surface area contributed by atoms with Gasteiger partial charge in [-0.3, -0.25) is 13.9 Å². The van der Waals surface area contributed by atoms with Crippen molar-refractivity contribution in [1.82, 2.24) is 10.2 Å². The van der Waals surface area contributed by atoms with Crippen molar-refractivity contribution in [3.63, 3.8) is 0 Å². The largest absolute Gasteiger partial charge is 0.352 e. The van der Waals surface area contributed by atoms with Gasteiger partial charge in [0.1, 0.15) is 12.6 Å². The maximum Gasteiger partial charge on any atom is 0.264 e. The van der Waals surface area contributed by atoms with E-state index in [9.17, 15) is 18.0 Å². The molecule has 2 amide bonds. The number of carbonyl (C=O) groups excluding carboxylic acids is 2. The molecule has 0 radical (unpaired) electrons. The molecule has 0 aliphatic carbocycles. The summed E-state index contributed by atoms with van der Waals surface area (Å²) in [7, 11) is -4.08. The number of sulfonamides is 1. The fourth-order valence-corrected chi connectivity index (χ4v) is 5.67. The monoisotopic (exact) mass is 569 g/mol. The number of anilines is 1. The van der Waals surface area contributed by atoms with Crippen LogP contribution in [0, 0.1) is 6.92 Å². The number of hydrogen-bond acceptors (Lipinski definition) is 4. The molecule has 1 N–H and O–H groups in total. The minimum Gasteiger partial charge on any atom is -0.352 e. The number of nitrogens with one attached hydrogen (secondary N) is 1. The summed E-state index contributed by atoms with van der Waals surface area (Å²) in [5.41, 5.74) is 2.09. The molecule has 9 heteroatoms. The minimum absolute atomic E-state index is 0.0680. The quantitative estimate of drug-likeness (QED) is 0.309. The van der Waals surface area contributed by atoms with E-state index in [4.69, 9.17) is 11.6 Å². The summed E-state index contributed by atoms with van der Waals surface area (Å²) in [5.74, 6) is -0.766. The summed E-state index contributed by atoms with van der Waals surface area (Å²) in [6.45, 7) is 7.26. The standard InChI is InChI=1S/C30H36ClN3O4S/c1-5-23(4)32-30(36)28(6-2)33(20-24-14-16-25(31)17-15-24)29(35)21-34(26-18-12-22(3)13-19-26)39(37,38)27-10-8-7-9-11-27/h7-19,23,28H,5-6,20-21H2,1-4H3,(H,32,36). The zero-order chi connectivity index (χ0) is 28.6. The van der Waals surface area contributed by atoms with Gasteiger partial charge in [-0.05, 0) is 68.7 Å². The van der Waals surface area contributed by atoms with Crippen molar-refractivity contribution in [3.8, 4) is 0 Å². The predicted octanol–water partition coefficient (Wildman–Crippen LogP) is 5.57. The molecular formula is C30H36ClN3O4S. The van der Waals surface area contributed by atoms with Crippen molar-refractivity contribution >= 4 is 39.1 Å². The van der Waals surface area contributed by atoms with Crippen LogP contribution in [-0.2, 0) is 26.2 Å². The van der Waals surface area contributed by atoms with Crippen LogP contribution in [-0.4, -0.2) is 43.8 Å². The molecule has 0 saturated carbocycles. The molecule has 39 heavy (non-hydrogen) atoms. The van der Waals surface area contributed by atoms with Gasteiger partial charge in [0.2, 0.25) is 11.8 Å². The Balaban J connectivity index is 2.03. The Bertz CT molecular complexity index is 1350. The maximum absolute atomic E-state index is 14.0. The predicted molar refractivity (Wildman–Crippen MR) is 156 cm³/mol. The molecule has 0 spiro atoms. The average Bonchev–Trinajstić information content (AvgIpc) is 2.93. The van der Waals surface area contributed by atoms with Gasteiger partial charge in [-0.25, -0.2) is 8.42 Å². The molecule has 3 rings (SSSR count). The Hall–Kier alpha value is -3.36. The molecule has 2 atom stereocenters. The van der Waals surface area contributed by atoms with Gasteiger partial charge in [0.15, 0.2) is 0 Å². The molecule has 7 nitrogen and oxygen atoms in total. The summed E-state index contributed by atoms with van der Waals surface area (Å²) in [6, 6.07) is 21.1. The maximum atomic E-state index is 14.0. The number of halogens is 1. The number of hydrogen-bond donors (Lipinski definition) is 1. The Labute approximate surface area is 236 Å². The van der Waals surface area contributed by atoms with Crippen LogP contribution in [0.5, 0.6) is 0 Å². The fraction of sp³-hybridized carbons (Fsp3) is 0.333. The van der Waals surface area contributed by atoms with Gasteiger partial charge in [-0.1, -0.05) is 73.5 Å². The Morgan fingerprint density at radius 1 is 0.897 bits per heavy atom. The molecule has 2 unspecified atom stereocenters. The third kappa shape index (κ3) is 7.83. The number of nitrogens with zero attached hydrogens (tertiary/aromatic N) is 2. The number of benzene rings is 3. The molecule has 0 fully saturated rings. The van der Waals surface area contributed by atoms with Crippen molar-refractivity contribution in [2.24, 2.45) is 0 Å². The SMILES string of the molecule is CCC(C)NC(=O)C(CC)N(Cc1ccc(Cl)cc1)C(=O)CN(c1ccc(C)cc1)S(=O)(=O)c1ccccc1. The van der Waals surface area contributed by atoms with Crippen molar-refractivity contribution in [2.75, 3.05) is 10.8 Å². The van der Waals surface area contributed by atoms with Gasteiger partial charge in [0, 0.05) is 17.6 Å². The number of rotatable bonds is 12. The van der Waals surface area contributed by atoms with E-state index >= 15 is 0 Å². The lowest BCUT2D eigenvalue weighted by molar-refractivity contribution is -0.140. The Morgan fingerprint density at radius 3 is 2.08 bits per heavy atom. The lowest BCUT2D eigenvalue weighted by Gasteiger charge is -2.33. The van der Waals surface area contributed by atoms with E-state index in [0.717, 1.165) is 21.9 Å². The molecule has 3 aromatic carbocycles. The summed E-state index contributed by atoms with van der Waals surface area (Å²) < 4.78 is 28.7. The highest BCUT2D eigenvalue weighted by Crippen LogP contribution is 2.25. The van der Waals surface area contributed by atoms with E-state index < -0.39 is 28.5 Å². The molecule has 3 aromatic rings. The zero-order valence-corrected chi connectivity index (χ0v) is 24.4. The molecule has 0 heterocycles. The van der Waals surface area contributed by atoms with Crippen LogP contribution in [0.4, 0.5) is 5.69 Å². The first-order valence-corrected chi connectivity index (χ1v) is 14.9. The van der Waals surface area contributed by atoms with Crippen molar-refractivity contribution in [3.05, 3.63) is 95.0 Å². The third-order valence-corrected chi connectivity index (χ3v) is 8.63. The molecular weight excluding hydrogens is 534 g/mol. The second-order valence-electron chi connectivity index (χ2n) is 9.55. The second kappa shape index (κ2) is 13.6. The summed E-state index contributed by atoms with van der Waals surface area (Å²) >= 11 is 6.06. The zero-order valence-electron chi connectivity index (χ0n) is 22.8. The van der Waals surface area contributed by atoms with E-state index in [0.29, 0.717) is 17.1 Å². The lowest BCUT2D eigenvalue weighted by atomic mass is 10.1. The number of carbonyl (C=O) groups is 2. The van der Waals surface area contributed by atoms with Gasteiger partial charge < -0.3 is 10.2 Å². The molecule has 0 bridgehead atoms. The molecule has 0 aliphatic heterocycles. The highest BCUT2D eigenvalue weighted by molar-refractivity contribution is 7.92. The molecule has 0 aromatic heterocycles.